The van der Waals surface area contributed by atoms with Gasteiger partial charge in [-0.1, -0.05) is 0 Å². The zero-order valence-corrected chi connectivity index (χ0v) is 5.22. The zero-order chi connectivity index (χ0) is 6.27. The first-order chi connectivity index (χ1) is 4.38. The van der Waals surface area contributed by atoms with E-state index in [4.69, 9.17) is 0 Å². The van der Waals surface area contributed by atoms with Crippen LogP contribution in [-0.2, 0) is 0 Å². The van der Waals surface area contributed by atoms with E-state index in [2.05, 4.69) is 10.2 Å². The molecule has 2 rings (SSSR count). The van der Waals surface area contributed by atoms with Crippen molar-refractivity contribution in [1.82, 2.24) is 10.2 Å². The van der Waals surface area contributed by atoms with Gasteiger partial charge >= 0.3 is 0 Å². The second-order valence-electron chi connectivity index (χ2n) is 2.46. The third kappa shape index (κ3) is 0.573. The van der Waals surface area contributed by atoms with Gasteiger partial charge in [0.05, 0.1) is 0 Å². The number of fused-ring (bicyclic) bond motifs is 1. The molecular formula is C6H10N2O. The van der Waals surface area contributed by atoms with Crippen LogP contribution in [0.15, 0.2) is 11.6 Å². The lowest BCUT2D eigenvalue weighted by Crippen LogP contribution is -2.15. The molecule has 2 heterocycles. The minimum Gasteiger partial charge on any atom is -0.508 e. The molecule has 3 nitrogen and oxygen atoms in total. The third-order valence-electron chi connectivity index (χ3n) is 1.88. The molecule has 3 heteroatoms. The molecule has 0 unspecified atom stereocenters. The maximum atomic E-state index is 9.17. The molecule has 0 aromatic heterocycles. The molecule has 0 bridgehead atoms. The quantitative estimate of drug-likeness (QED) is 0.480. The highest BCUT2D eigenvalue weighted by Gasteiger charge is 2.25. The van der Waals surface area contributed by atoms with E-state index in [1.165, 1.54) is 0 Å². The van der Waals surface area contributed by atoms with Crippen molar-refractivity contribution < 1.29 is 5.11 Å². The summed E-state index contributed by atoms with van der Waals surface area (Å²) in [5.74, 6) is 1.50. The zero-order valence-electron chi connectivity index (χ0n) is 5.22. The van der Waals surface area contributed by atoms with Gasteiger partial charge in [-0.25, -0.2) is 0 Å². The molecule has 0 amide bonds. The Bertz CT molecular complexity index is 164. The van der Waals surface area contributed by atoms with Gasteiger partial charge in [0.2, 0.25) is 0 Å². The normalized spacial score (nSPS) is 24.7. The van der Waals surface area contributed by atoms with Gasteiger partial charge in [-0.2, -0.15) is 0 Å². The van der Waals surface area contributed by atoms with Crippen LogP contribution in [0.5, 0.6) is 0 Å². The predicted molar refractivity (Wildman–Crippen MR) is 33.8 cm³/mol. The summed E-state index contributed by atoms with van der Waals surface area (Å²) >= 11 is 0. The molecule has 50 valence electrons. The van der Waals surface area contributed by atoms with E-state index in [0.29, 0.717) is 5.76 Å². The number of hydrogen-bond acceptors (Lipinski definition) is 3. The fourth-order valence-electron chi connectivity index (χ4n) is 1.40. The molecule has 0 radical (unpaired) electrons. The molecule has 9 heavy (non-hydrogen) atoms. The summed E-state index contributed by atoms with van der Waals surface area (Å²) in [5.41, 5.74) is 0. The van der Waals surface area contributed by atoms with Crippen LogP contribution in [0.25, 0.3) is 0 Å². The number of nitrogens with one attached hydrogen (secondary N) is 1. The average Bonchev–Trinajstić information content (AvgIpc) is 2.35. The smallest absolute Gasteiger partial charge is 0.140 e. The van der Waals surface area contributed by atoms with Gasteiger partial charge in [0, 0.05) is 26.1 Å². The second kappa shape index (κ2) is 1.56. The topological polar surface area (TPSA) is 35.5 Å². The van der Waals surface area contributed by atoms with Gasteiger partial charge in [0.1, 0.15) is 11.6 Å². The largest absolute Gasteiger partial charge is 0.508 e. The van der Waals surface area contributed by atoms with Crippen LogP contribution in [0.3, 0.4) is 0 Å². The summed E-state index contributed by atoms with van der Waals surface area (Å²) in [7, 11) is 0. The number of rotatable bonds is 0. The second-order valence-corrected chi connectivity index (χ2v) is 2.46. The summed E-state index contributed by atoms with van der Waals surface area (Å²) in [6, 6.07) is 0. The van der Waals surface area contributed by atoms with Gasteiger partial charge in [0.25, 0.3) is 0 Å². The summed E-state index contributed by atoms with van der Waals surface area (Å²) in [5, 5.41) is 12.3. The molecule has 0 aromatic carbocycles. The van der Waals surface area contributed by atoms with Crippen molar-refractivity contribution in [2.75, 3.05) is 19.6 Å². The van der Waals surface area contributed by atoms with Gasteiger partial charge in [0.15, 0.2) is 0 Å². The molecule has 1 saturated heterocycles. The number of aliphatic hydroxyl groups excluding tert-OH is 1. The standard InChI is InChI=1S/C6H10N2O/c9-5-1-3-8-4-2-7-6(5)8/h7,9H,1-4H2. The van der Waals surface area contributed by atoms with Gasteiger partial charge in [-0.15, -0.1) is 0 Å². The molecule has 0 saturated carbocycles. The molecule has 0 aliphatic carbocycles. The third-order valence-corrected chi connectivity index (χ3v) is 1.88. The molecule has 0 atom stereocenters. The first-order valence-corrected chi connectivity index (χ1v) is 3.29. The minimum atomic E-state index is 0.535. The van der Waals surface area contributed by atoms with Crippen molar-refractivity contribution in [3.05, 3.63) is 11.6 Å². The van der Waals surface area contributed by atoms with E-state index in [1.54, 1.807) is 0 Å². The van der Waals surface area contributed by atoms with Crippen LogP contribution in [0.4, 0.5) is 0 Å². The maximum Gasteiger partial charge on any atom is 0.140 e. The first kappa shape index (κ1) is 4.97. The maximum absolute atomic E-state index is 9.17. The summed E-state index contributed by atoms with van der Waals surface area (Å²) < 4.78 is 0. The molecule has 0 aromatic rings. The Morgan fingerprint density at radius 3 is 3.11 bits per heavy atom. The summed E-state index contributed by atoms with van der Waals surface area (Å²) in [4.78, 5) is 2.18. The molecule has 2 N–H and O–H groups in total. The van der Waals surface area contributed by atoms with E-state index >= 15 is 0 Å². The van der Waals surface area contributed by atoms with Crippen LogP contribution >= 0.6 is 0 Å². The molecule has 1 fully saturated rings. The SMILES string of the molecule is OC1=C2NCCN2CC1. The van der Waals surface area contributed by atoms with E-state index in [0.717, 1.165) is 31.9 Å². The summed E-state index contributed by atoms with van der Waals surface area (Å²) in [6.07, 6.45) is 0.822. The lowest BCUT2D eigenvalue weighted by molar-refractivity contribution is 0.392. The highest BCUT2D eigenvalue weighted by molar-refractivity contribution is 5.14. The lowest BCUT2D eigenvalue weighted by atomic mass is 10.4. The summed E-state index contributed by atoms with van der Waals surface area (Å²) in [6.45, 7) is 3.03. The fourth-order valence-corrected chi connectivity index (χ4v) is 1.40. The van der Waals surface area contributed by atoms with Gasteiger partial charge < -0.3 is 15.3 Å². The van der Waals surface area contributed by atoms with Crippen molar-refractivity contribution >= 4 is 0 Å². The van der Waals surface area contributed by atoms with Crippen LogP contribution < -0.4 is 5.32 Å². The number of nitrogens with zero attached hydrogens (tertiary/aromatic N) is 1. The van der Waals surface area contributed by atoms with E-state index in [-0.39, 0.29) is 0 Å². The monoisotopic (exact) mass is 126 g/mol. The molecule has 0 spiro atoms. The van der Waals surface area contributed by atoms with Crippen LogP contribution in [0, 0.1) is 0 Å². The van der Waals surface area contributed by atoms with E-state index in [1.807, 2.05) is 0 Å². The van der Waals surface area contributed by atoms with Crippen molar-refractivity contribution in [3.63, 3.8) is 0 Å². The Labute approximate surface area is 54.0 Å². The van der Waals surface area contributed by atoms with Crippen molar-refractivity contribution in [1.29, 1.82) is 0 Å². The van der Waals surface area contributed by atoms with E-state index < -0.39 is 0 Å². The Morgan fingerprint density at radius 1 is 1.44 bits per heavy atom. The molecular weight excluding hydrogens is 116 g/mol. The average molecular weight is 126 g/mol. The van der Waals surface area contributed by atoms with Crippen molar-refractivity contribution in [2.45, 2.75) is 6.42 Å². The Kier molecular flexibility index (Phi) is 0.860. The highest BCUT2D eigenvalue weighted by atomic mass is 16.3. The highest BCUT2D eigenvalue weighted by Crippen LogP contribution is 2.20. The van der Waals surface area contributed by atoms with Crippen LogP contribution in [0.1, 0.15) is 6.42 Å². The first-order valence-electron chi connectivity index (χ1n) is 3.29. The number of hydrogen-bond donors (Lipinski definition) is 2. The molecule has 2 aliphatic heterocycles. The molecule has 2 aliphatic rings. The predicted octanol–water partition coefficient (Wildman–Crippen LogP) is 0.0224. The van der Waals surface area contributed by atoms with Crippen LogP contribution in [0.2, 0.25) is 0 Å². The number of aliphatic hydroxyl groups is 1. The van der Waals surface area contributed by atoms with E-state index in [9.17, 15) is 5.11 Å². The Balaban J connectivity index is 2.28. The van der Waals surface area contributed by atoms with Crippen molar-refractivity contribution in [2.24, 2.45) is 0 Å². The Morgan fingerprint density at radius 2 is 2.33 bits per heavy atom. The fraction of sp³-hybridized carbons (Fsp3) is 0.667. The van der Waals surface area contributed by atoms with Crippen molar-refractivity contribution in [3.8, 4) is 0 Å². The lowest BCUT2D eigenvalue weighted by Gasteiger charge is -2.08. The Hall–Kier alpha value is -0.860. The van der Waals surface area contributed by atoms with Gasteiger partial charge in [-0.05, 0) is 0 Å². The van der Waals surface area contributed by atoms with Gasteiger partial charge in [-0.3, -0.25) is 0 Å². The minimum absolute atomic E-state index is 0.535. The van der Waals surface area contributed by atoms with Crippen LogP contribution in [-0.4, -0.2) is 29.6 Å².